The van der Waals surface area contributed by atoms with Gasteiger partial charge in [0.25, 0.3) is 5.91 Å². The van der Waals surface area contributed by atoms with Gasteiger partial charge < -0.3 is 19.9 Å². The molecule has 3 heterocycles. The molecule has 9 heteroatoms. The van der Waals surface area contributed by atoms with Crippen LogP contribution in [0.5, 0.6) is 0 Å². The summed E-state index contributed by atoms with van der Waals surface area (Å²) in [7, 11) is 0. The molecule has 178 valence electrons. The number of aryl methyl sites for hydroxylation is 1. The first-order chi connectivity index (χ1) is 16.5. The van der Waals surface area contributed by atoms with Crippen LogP contribution in [-0.2, 0) is 22.4 Å². The summed E-state index contributed by atoms with van der Waals surface area (Å²) >= 11 is 1.49. The standard InChI is InChI=1S/C25H28N4O4S/c1-2-33-25(32)22-17-7-5-9-20(17)34-23(22)27-21(30)15-28-10-12-29(13-11-28)24(31)19-14-16-6-3-4-8-18(16)26-19/h3-4,6,8,14,26H,2,5,7,9-13,15H2,1H3,(H,27,30). The zero-order valence-corrected chi connectivity index (χ0v) is 20.0. The zero-order chi connectivity index (χ0) is 23.7. The number of thiophene rings is 1. The van der Waals surface area contributed by atoms with E-state index in [0.717, 1.165) is 35.7 Å². The number of benzene rings is 1. The number of esters is 1. The third-order valence-electron chi connectivity index (χ3n) is 6.44. The average Bonchev–Trinajstić information content (AvgIpc) is 3.53. The van der Waals surface area contributed by atoms with E-state index in [1.165, 1.54) is 16.2 Å². The Labute approximate surface area is 201 Å². The Morgan fingerprint density at radius 2 is 1.91 bits per heavy atom. The van der Waals surface area contributed by atoms with Crippen molar-refractivity contribution < 1.29 is 19.1 Å². The highest BCUT2D eigenvalue weighted by Gasteiger charge is 2.29. The molecule has 2 N–H and O–H groups in total. The molecular weight excluding hydrogens is 452 g/mol. The van der Waals surface area contributed by atoms with Crippen LogP contribution in [0.3, 0.4) is 0 Å². The smallest absolute Gasteiger partial charge is 0.341 e. The number of piperazine rings is 1. The van der Waals surface area contributed by atoms with Crippen molar-refractivity contribution in [2.45, 2.75) is 26.2 Å². The number of para-hydroxylation sites is 1. The fourth-order valence-corrected chi connectivity index (χ4v) is 6.04. The molecule has 5 rings (SSSR count). The van der Waals surface area contributed by atoms with Crippen LogP contribution in [0.25, 0.3) is 10.9 Å². The number of H-pyrrole nitrogens is 1. The van der Waals surface area contributed by atoms with Crippen LogP contribution >= 0.6 is 11.3 Å². The van der Waals surface area contributed by atoms with Crippen molar-refractivity contribution in [1.29, 1.82) is 0 Å². The maximum absolute atomic E-state index is 12.9. The highest BCUT2D eigenvalue weighted by molar-refractivity contribution is 7.17. The van der Waals surface area contributed by atoms with Crippen molar-refractivity contribution in [1.82, 2.24) is 14.8 Å². The minimum Gasteiger partial charge on any atom is -0.462 e. The number of carbonyl (C=O) groups excluding carboxylic acids is 3. The number of aromatic nitrogens is 1. The molecule has 8 nitrogen and oxygen atoms in total. The molecule has 3 aromatic rings. The summed E-state index contributed by atoms with van der Waals surface area (Å²) in [5, 5.41) is 4.57. The number of hydrogen-bond donors (Lipinski definition) is 2. The van der Waals surface area contributed by atoms with E-state index in [2.05, 4.69) is 10.3 Å². The van der Waals surface area contributed by atoms with Gasteiger partial charge >= 0.3 is 5.97 Å². The average molecular weight is 481 g/mol. The number of nitrogens with zero attached hydrogens (tertiary/aromatic N) is 2. The Morgan fingerprint density at radius 1 is 1.12 bits per heavy atom. The molecule has 1 aliphatic carbocycles. The molecule has 0 spiro atoms. The van der Waals surface area contributed by atoms with Crippen molar-refractivity contribution in [3.63, 3.8) is 0 Å². The van der Waals surface area contributed by atoms with Crippen LogP contribution in [0.15, 0.2) is 30.3 Å². The number of rotatable bonds is 6. The molecule has 0 radical (unpaired) electrons. The van der Waals surface area contributed by atoms with Gasteiger partial charge in [-0.25, -0.2) is 4.79 Å². The van der Waals surface area contributed by atoms with Crippen molar-refractivity contribution in [2.75, 3.05) is 44.6 Å². The lowest BCUT2D eigenvalue weighted by atomic mass is 10.1. The first-order valence-electron chi connectivity index (χ1n) is 11.7. The highest BCUT2D eigenvalue weighted by Crippen LogP contribution is 2.39. The normalized spacial score (nSPS) is 16.0. The number of aromatic amines is 1. The Hall–Kier alpha value is -3.17. The Balaban J connectivity index is 1.17. The predicted molar refractivity (Wildman–Crippen MR) is 132 cm³/mol. The van der Waals surface area contributed by atoms with E-state index in [0.29, 0.717) is 49.0 Å². The summed E-state index contributed by atoms with van der Waals surface area (Å²) in [5.74, 6) is -0.533. The lowest BCUT2D eigenvalue weighted by Gasteiger charge is -2.34. The molecule has 2 aliphatic rings. The summed E-state index contributed by atoms with van der Waals surface area (Å²) in [6.45, 7) is 4.66. The fraction of sp³-hybridized carbons (Fsp3) is 0.400. The number of amides is 2. The summed E-state index contributed by atoms with van der Waals surface area (Å²) < 4.78 is 5.24. The van der Waals surface area contributed by atoms with E-state index in [1.54, 1.807) is 6.92 Å². The number of ether oxygens (including phenoxy) is 1. The molecule has 34 heavy (non-hydrogen) atoms. The summed E-state index contributed by atoms with van der Waals surface area (Å²) in [6, 6.07) is 9.72. The van der Waals surface area contributed by atoms with Gasteiger partial charge in [0, 0.05) is 42.0 Å². The van der Waals surface area contributed by atoms with Gasteiger partial charge in [0.2, 0.25) is 5.91 Å². The second-order valence-corrected chi connectivity index (χ2v) is 9.77. The predicted octanol–water partition coefficient (Wildman–Crippen LogP) is 3.29. The maximum Gasteiger partial charge on any atom is 0.341 e. The molecule has 1 saturated heterocycles. The number of fused-ring (bicyclic) bond motifs is 2. The van der Waals surface area contributed by atoms with Crippen LogP contribution in [0.2, 0.25) is 0 Å². The Bertz CT molecular complexity index is 1210. The van der Waals surface area contributed by atoms with Crippen molar-refractivity contribution >= 4 is 45.0 Å². The summed E-state index contributed by atoms with van der Waals surface area (Å²) in [5.41, 5.74) is 3.09. The number of carbonyl (C=O) groups is 3. The van der Waals surface area contributed by atoms with Gasteiger partial charge in [-0.3, -0.25) is 14.5 Å². The van der Waals surface area contributed by atoms with Crippen molar-refractivity contribution in [3.05, 3.63) is 52.0 Å². The zero-order valence-electron chi connectivity index (χ0n) is 19.2. The van der Waals surface area contributed by atoms with E-state index >= 15 is 0 Å². The van der Waals surface area contributed by atoms with Crippen molar-refractivity contribution in [2.24, 2.45) is 0 Å². The van der Waals surface area contributed by atoms with Crippen LogP contribution in [0.4, 0.5) is 5.00 Å². The summed E-state index contributed by atoms with van der Waals surface area (Å²) in [6.07, 6.45) is 2.82. The van der Waals surface area contributed by atoms with E-state index in [9.17, 15) is 14.4 Å². The topological polar surface area (TPSA) is 94.7 Å². The second-order valence-electron chi connectivity index (χ2n) is 8.67. The van der Waals surface area contributed by atoms with E-state index in [-0.39, 0.29) is 24.3 Å². The summed E-state index contributed by atoms with van der Waals surface area (Å²) in [4.78, 5) is 46.4. The maximum atomic E-state index is 12.9. The van der Waals surface area contributed by atoms with E-state index in [4.69, 9.17) is 4.74 Å². The lowest BCUT2D eigenvalue weighted by Crippen LogP contribution is -2.50. The number of hydrogen-bond acceptors (Lipinski definition) is 6. The van der Waals surface area contributed by atoms with Gasteiger partial charge in [0.05, 0.1) is 18.7 Å². The molecule has 0 saturated carbocycles. The minimum atomic E-state index is -0.360. The lowest BCUT2D eigenvalue weighted by molar-refractivity contribution is -0.117. The molecule has 0 atom stereocenters. The molecule has 2 amide bonds. The Morgan fingerprint density at radius 3 is 2.68 bits per heavy atom. The largest absolute Gasteiger partial charge is 0.462 e. The monoisotopic (exact) mass is 480 g/mol. The Kier molecular flexibility index (Phi) is 6.38. The van der Waals surface area contributed by atoms with Crippen LogP contribution < -0.4 is 5.32 Å². The molecule has 1 fully saturated rings. The van der Waals surface area contributed by atoms with Gasteiger partial charge in [0.15, 0.2) is 0 Å². The van der Waals surface area contributed by atoms with E-state index < -0.39 is 0 Å². The third-order valence-corrected chi connectivity index (χ3v) is 7.65. The van der Waals surface area contributed by atoms with Crippen LogP contribution in [-0.4, -0.2) is 71.9 Å². The first-order valence-corrected chi connectivity index (χ1v) is 12.6. The van der Waals surface area contributed by atoms with Gasteiger partial charge in [-0.2, -0.15) is 0 Å². The minimum absolute atomic E-state index is 0.0209. The molecule has 2 aromatic heterocycles. The number of nitrogens with one attached hydrogen (secondary N) is 2. The number of anilines is 1. The highest BCUT2D eigenvalue weighted by atomic mass is 32.1. The first kappa shape index (κ1) is 22.6. The van der Waals surface area contributed by atoms with Gasteiger partial charge in [-0.1, -0.05) is 18.2 Å². The fourth-order valence-electron chi connectivity index (χ4n) is 4.75. The van der Waals surface area contributed by atoms with Crippen LogP contribution in [0.1, 0.15) is 44.6 Å². The quantitative estimate of drug-likeness (QED) is 0.528. The van der Waals surface area contributed by atoms with Crippen LogP contribution in [0, 0.1) is 0 Å². The molecule has 0 bridgehead atoms. The third kappa shape index (κ3) is 4.45. The van der Waals surface area contributed by atoms with Gasteiger partial charge in [-0.15, -0.1) is 11.3 Å². The molecule has 1 aromatic carbocycles. The molecule has 0 unspecified atom stereocenters. The molecular formula is C25H28N4O4S. The molecule has 1 aliphatic heterocycles. The van der Waals surface area contributed by atoms with E-state index in [1.807, 2.05) is 40.1 Å². The van der Waals surface area contributed by atoms with Gasteiger partial charge in [-0.05, 0) is 43.9 Å². The SMILES string of the molecule is CCOC(=O)c1c(NC(=O)CN2CCN(C(=O)c3cc4ccccc4[nH]3)CC2)sc2c1CCC2. The van der Waals surface area contributed by atoms with Crippen molar-refractivity contribution in [3.8, 4) is 0 Å². The second kappa shape index (κ2) is 9.60. The van der Waals surface area contributed by atoms with Gasteiger partial charge in [0.1, 0.15) is 10.7 Å².